The third-order valence-corrected chi connectivity index (χ3v) is 4.77. The molecule has 1 heterocycles. The van der Waals surface area contributed by atoms with Crippen LogP contribution in [0.3, 0.4) is 0 Å². The van der Waals surface area contributed by atoms with Gasteiger partial charge in [-0.15, -0.1) is 11.8 Å². The number of ether oxygens (including phenoxy) is 1. The first-order chi connectivity index (χ1) is 12.8. The Hall–Kier alpha value is -2.34. The van der Waals surface area contributed by atoms with E-state index in [1.165, 1.54) is 12.8 Å². The van der Waals surface area contributed by atoms with E-state index in [-0.39, 0.29) is 5.91 Å². The SMILES string of the molecule is CS/C=C/CNC(=O)c1cnc(C2CCCC2)nc1Oc1ccccc1. The third-order valence-electron chi connectivity index (χ3n) is 4.31. The van der Waals surface area contributed by atoms with Gasteiger partial charge in [0.1, 0.15) is 17.1 Å². The molecule has 1 saturated carbocycles. The van der Waals surface area contributed by atoms with E-state index in [1.54, 1.807) is 18.0 Å². The lowest BCUT2D eigenvalue weighted by molar-refractivity contribution is 0.0954. The summed E-state index contributed by atoms with van der Waals surface area (Å²) < 4.78 is 5.92. The van der Waals surface area contributed by atoms with E-state index in [9.17, 15) is 4.79 Å². The first kappa shape index (κ1) is 18.5. The van der Waals surface area contributed by atoms with E-state index in [0.717, 1.165) is 18.7 Å². The molecule has 1 N–H and O–H groups in total. The van der Waals surface area contributed by atoms with Crippen molar-refractivity contribution in [3.8, 4) is 11.6 Å². The lowest BCUT2D eigenvalue weighted by Gasteiger charge is -2.13. The van der Waals surface area contributed by atoms with Gasteiger partial charge in [-0.2, -0.15) is 4.98 Å². The predicted octanol–water partition coefficient (Wildman–Crippen LogP) is 4.53. The topological polar surface area (TPSA) is 64.1 Å². The van der Waals surface area contributed by atoms with E-state index < -0.39 is 0 Å². The van der Waals surface area contributed by atoms with Crippen LogP contribution in [0.25, 0.3) is 0 Å². The summed E-state index contributed by atoms with van der Waals surface area (Å²) in [5, 5.41) is 4.78. The number of para-hydroxylation sites is 1. The first-order valence-corrected chi connectivity index (χ1v) is 10.1. The van der Waals surface area contributed by atoms with Gasteiger partial charge in [0.05, 0.1) is 0 Å². The summed E-state index contributed by atoms with van der Waals surface area (Å²) in [5.41, 5.74) is 0.355. The molecule has 6 heteroatoms. The third kappa shape index (κ3) is 4.85. The second kappa shape index (κ2) is 9.38. The summed E-state index contributed by atoms with van der Waals surface area (Å²) >= 11 is 1.59. The monoisotopic (exact) mass is 369 g/mol. The molecule has 1 aromatic carbocycles. The number of benzene rings is 1. The molecule has 136 valence electrons. The lowest BCUT2D eigenvalue weighted by atomic mass is 10.1. The van der Waals surface area contributed by atoms with E-state index >= 15 is 0 Å². The Kier molecular flexibility index (Phi) is 6.66. The van der Waals surface area contributed by atoms with Crippen LogP contribution in [0.2, 0.25) is 0 Å². The first-order valence-electron chi connectivity index (χ1n) is 8.84. The van der Waals surface area contributed by atoms with Crippen molar-refractivity contribution < 1.29 is 9.53 Å². The second-order valence-corrected chi connectivity index (χ2v) is 6.90. The van der Waals surface area contributed by atoms with E-state index in [0.29, 0.717) is 29.7 Å². The van der Waals surface area contributed by atoms with Crippen molar-refractivity contribution in [2.24, 2.45) is 0 Å². The number of thioether (sulfide) groups is 1. The van der Waals surface area contributed by atoms with Gasteiger partial charge in [-0.3, -0.25) is 4.79 Å². The summed E-state index contributed by atoms with van der Waals surface area (Å²) in [7, 11) is 0. The molecule has 0 bridgehead atoms. The van der Waals surface area contributed by atoms with Gasteiger partial charge in [-0.1, -0.05) is 37.1 Å². The lowest BCUT2D eigenvalue weighted by Crippen LogP contribution is -2.24. The van der Waals surface area contributed by atoms with E-state index in [2.05, 4.69) is 15.3 Å². The van der Waals surface area contributed by atoms with Crippen LogP contribution >= 0.6 is 11.8 Å². The van der Waals surface area contributed by atoms with Crippen molar-refractivity contribution in [2.45, 2.75) is 31.6 Å². The Morgan fingerprint density at radius 3 is 2.81 bits per heavy atom. The number of hydrogen-bond acceptors (Lipinski definition) is 5. The average Bonchev–Trinajstić information content (AvgIpc) is 3.21. The van der Waals surface area contributed by atoms with Gasteiger partial charge in [0.25, 0.3) is 5.91 Å². The summed E-state index contributed by atoms with van der Waals surface area (Å²) in [5.74, 6) is 1.86. The summed E-state index contributed by atoms with van der Waals surface area (Å²) in [4.78, 5) is 21.6. The molecule has 1 amide bonds. The maximum Gasteiger partial charge on any atom is 0.258 e. The Bertz CT molecular complexity index is 759. The minimum absolute atomic E-state index is 0.236. The standard InChI is InChI=1S/C20H23N3O2S/c1-26-13-7-12-21-19(24)17-14-22-18(15-8-5-6-9-15)23-20(17)25-16-10-3-2-4-11-16/h2-4,7,10-11,13-15H,5-6,8-9,12H2,1H3,(H,21,24)/b13-7+. The van der Waals surface area contributed by atoms with Crippen LogP contribution < -0.4 is 10.1 Å². The summed E-state index contributed by atoms with van der Waals surface area (Å²) in [6.07, 6.45) is 10.0. The Labute approximate surface area is 158 Å². The zero-order chi connectivity index (χ0) is 18.2. The van der Waals surface area contributed by atoms with Gasteiger partial charge in [-0.25, -0.2) is 4.98 Å². The normalized spacial score (nSPS) is 14.7. The maximum atomic E-state index is 12.5. The molecule has 0 radical (unpaired) electrons. The Morgan fingerprint density at radius 2 is 2.08 bits per heavy atom. The number of amides is 1. The van der Waals surface area contributed by atoms with Gasteiger partial charge >= 0.3 is 0 Å². The molecular formula is C20H23N3O2S. The molecule has 0 spiro atoms. The zero-order valence-corrected chi connectivity index (χ0v) is 15.7. The van der Waals surface area contributed by atoms with Crippen molar-refractivity contribution in [3.63, 3.8) is 0 Å². The van der Waals surface area contributed by atoms with Crippen LogP contribution in [0.1, 0.15) is 47.8 Å². The van der Waals surface area contributed by atoms with Crippen LogP contribution in [0.4, 0.5) is 0 Å². The highest BCUT2D eigenvalue weighted by Crippen LogP contribution is 2.33. The molecule has 0 unspecified atom stereocenters. The number of nitrogens with one attached hydrogen (secondary N) is 1. The Morgan fingerprint density at radius 1 is 1.31 bits per heavy atom. The van der Waals surface area contributed by atoms with Gasteiger partial charge in [0, 0.05) is 18.7 Å². The predicted molar refractivity (Wildman–Crippen MR) is 105 cm³/mol. The average molecular weight is 369 g/mol. The molecule has 3 rings (SSSR count). The number of carbonyl (C=O) groups is 1. The molecule has 1 fully saturated rings. The highest BCUT2D eigenvalue weighted by Gasteiger charge is 2.23. The number of nitrogens with zero attached hydrogens (tertiary/aromatic N) is 2. The molecule has 2 aromatic rings. The van der Waals surface area contributed by atoms with Gasteiger partial charge in [0.2, 0.25) is 5.88 Å². The molecule has 0 saturated heterocycles. The van der Waals surface area contributed by atoms with E-state index in [4.69, 9.17) is 4.74 Å². The van der Waals surface area contributed by atoms with Crippen molar-refractivity contribution in [1.29, 1.82) is 0 Å². The number of carbonyl (C=O) groups excluding carboxylic acids is 1. The van der Waals surface area contributed by atoms with Crippen molar-refractivity contribution in [2.75, 3.05) is 12.8 Å². The van der Waals surface area contributed by atoms with Crippen LogP contribution in [0.15, 0.2) is 48.0 Å². The zero-order valence-electron chi connectivity index (χ0n) is 14.9. The van der Waals surface area contributed by atoms with Gasteiger partial charge < -0.3 is 10.1 Å². The van der Waals surface area contributed by atoms with Crippen LogP contribution in [-0.2, 0) is 0 Å². The highest BCUT2D eigenvalue weighted by molar-refractivity contribution is 8.01. The molecule has 5 nitrogen and oxygen atoms in total. The minimum Gasteiger partial charge on any atom is -0.438 e. The largest absolute Gasteiger partial charge is 0.438 e. The Balaban J connectivity index is 1.84. The molecular weight excluding hydrogens is 346 g/mol. The molecule has 1 aliphatic carbocycles. The van der Waals surface area contributed by atoms with Crippen molar-refractivity contribution in [1.82, 2.24) is 15.3 Å². The molecule has 0 atom stereocenters. The molecule has 1 aliphatic rings. The maximum absolute atomic E-state index is 12.5. The number of hydrogen-bond donors (Lipinski definition) is 1. The van der Waals surface area contributed by atoms with Crippen molar-refractivity contribution in [3.05, 3.63) is 59.4 Å². The second-order valence-electron chi connectivity index (χ2n) is 6.16. The fraction of sp³-hybridized carbons (Fsp3) is 0.350. The number of aromatic nitrogens is 2. The van der Waals surface area contributed by atoms with Crippen LogP contribution in [0.5, 0.6) is 11.6 Å². The summed E-state index contributed by atoms with van der Waals surface area (Å²) in [6, 6.07) is 9.39. The van der Waals surface area contributed by atoms with Crippen LogP contribution in [0, 0.1) is 0 Å². The molecule has 26 heavy (non-hydrogen) atoms. The molecule has 1 aromatic heterocycles. The fourth-order valence-electron chi connectivity index (χ4n) is 2.98. The highest BCUT2D eigenvalue weighted by atomic mass is 32.2. The molecule has 0 aliphatic heterocycles. The van der Waals surface area contributed by atoms with Gasteiger partial charge in [-0.05, 0) is 36.6 Å². The van der Waals surface area contributed by atoms with E-state index in [1.807, 2.05) is 48.1 Å². The van der Waals surface area contributed by atoms with Crippen LogP contribution in [-0.4, -0.2) is 28.7 Å². The number of rotatable bonds is 7. The van der Waals surface area contributed by atoms with Crippen molar-refractivity contribution >= 4 is 17.7 Å². The quantitative estimate of drug-likeness (QED) is 0.777. The smallest absolute Gasteiger partial charge is 0.258 e. The fourth-order valence-corrected chi connectivity index (χ4v) is 3.27. The minimum atomic E-state index is -0.236. The van der Waals surface area contributed by atoms with Gasteiger partial charge in [0.15, 0.2) is 0 Å². The summed E-state index contributed by atoms with van der Waals surface area (Å²) in [6.45, 7) is 0.453.